The number of amides is 2. The van der Waals surface area contributed by atoms with Crippen LogP contribution in [-0.4, -0.2) is 35.3 Å². The fraction of sp³-hybridized carbons (Fsp3) is 0.182. The van der Waals surface area contributed by atoms with E-state index in [9.17, 15) is 14.4 Å². The zero-order chi connectivity index (χ0) is 22.2. The second-order valence-corrected chi connectivity index (χ2v) is 6.37. The van der Waals surface area contributed by atoms with Gasteiger partial charge in [0.15, 0.2) is 0 Å². The van der Waals surface area contributed by atoms with Crippen LogP contribution in [0.4, 0.5) is 11.4 Å². The van der Waals surface area contributed by atoms with E-state index in [-0.39, 0.29) is 12.2 Å². The Morgan fingerprint density at radius 1 is 1.00 bits per heavy atom. The molecule has 0 aliphatic heterocycles. The van der Waals surface area contributed by atoms with E-state index in [1.54, 1.807) is 55.6 Å². The Morgan fingerprint density at radius 3 is 2.45 bits per heavy atom. The van der Waals surface area contributed by atoms with E-state index in [1.807, 2.05) is 6.92 Å². The van der Waals surface area contributed by atoms with Gasteiger partial charge in [0.2, 0.25) is 5.91 Å². The lowest BCUT2D eigenvalue weighted by Gasteiger charge is -2.12. The molecule has 0 aliphatic carbocycles. The summed E-state index contributed by atoms with van der Waals surface area (Å²) in [4.78, 5) is 37.1. The van der Waals surface area contributed by atoms with Crippen molar-refractivity contribution in [1.29, 1.82) is 0 Å². The van der Waals surface area contributed by atoms with Gasteiger partial charge in [0.05, 0.1) is 19.4 Å². The maximum Gasteiger partial charge on any atom is 0.276 e. The van der Waals surface area contributed by atoms with Crippen LogP contribution in [0, 0.1) is 0 Å². The van der Waals surface area contributed by atoms with Gasteiger partial charge in [-0.1, -0.05) is 12.1 Å². The van der Waals surface area contributed by atoms with Crippen LogP contribution in [0.3, 0.4) is 0 Å². The average Bonchev–Trinajstić information content (AvgIpc) is 2.77. The summed E-state index contributed by atoms with van der Waals surface area (Å²) in [6.07, 6.45) is 0. The molecular weight excluding hydrogens is 400 g/mol. The van der Waals surface area contributed by atoms with E-state index in [4.69, 9.17) is 9.47 Å². The smallest absolute Gasteiger partial charge is 0.276 e. The van der Waals surface area contributed by atoms with Gasteiger partial charge < -0.3 is 20.1 Å². The second kappa shape index (κ2) is 10.1. The lowest BCUT2D eigenvalue weighted by Crippen LogP contribution is -2.31. The van der Waals surface area contributed by atoms with Crippen molar-refractivity contribution in [3.05, 3.63) is 76.7 Å². The fourth-order valence-corrected chi connectivity index (χ4v) is 2.73. The molecule has 0 radical (unpaired) electrons. The largest absolute Gasteiger partial charge is 0.497 e. The van der Waals surface area contributed by atoms with Gasteiger partial charge in [0.1, 0.15) is 23.7 Å². The molecule has 2 N–H and O–H groups in total. The van der Waals surface area contributed by atoms with E-state index < -0.39 is 17.4 Å². The van der Waals surface area contributed by atoms with Crippen molar-refractivity contribution in [1.82, 2.24) is 9.78 Å². The van der Waals surface area contributed by atoms with E-state index in [1.165, 1.54) is 12.1 Å². The van der Waals surface area contributed by atoms with Crippen molar-refractivity contribution in [3.8, 4) is 11.5 Å². The first-order valence-corrected chi connectivity index (χ1v) is 9.55. The summed E-state index contributed by atoms with van der Waals surface area (Å²) in [5, 5.41) is 9.39. The van der Waals surface area contributed by atoms with Crippen molar-refractivity contribution in [3.63, 3.8) is 0 Å². The molecule has 0 spiro atoms. The van der Waals surface area contributed by atoms with Gasteiger partial charge >= 0.3 is 0 Å². The maximum absolute atomic E-state index is 12.5. The number of benzene rings is 2. The SMILES string of the molecule is CCOc1ccccc1NC(=O)Cn1nc(C(=O)Nc2ccc(OC)cc2)ccc1=O. The monoisotopic (exact) mass is 422 g/mol. The molecule has 2 amide bonds. The lowest BCUT2D eigenvalue weighted by atomic mass is 10.3. The molecule has 0 unspecified atom stereocenters. The minimum absolute atomic E-state index is 0.00191. The summed E-state index contributed by atoms with van der Waals surface area (Å²) in [6, 6.07) is 16.2. The van der Waals surface area contributed by atoms with E-state index in [0.29, 0.717) is 29.5 Å². The van der Waals surface area contributed by atoms with E-state index in [0.717, 1.165) is 4.68 Å². The minimum atomic E-state index is -0.513. The topological polar surface area (TPSA) is 112 Å². The molecule has 9 nitrogen and oxygen atoms in total. The van der Waals surface area contributed by atoms with Crippen molar-refractivity contribution < 1.29 is 19.1 Å². The van der Waals surface area contributed by atoms with Gasteiger partial charge in [0, 0.05) is 11.8 Å². The highest BCUT2D eigenvalue weighted by Crippen LogP contribution is 2.23. The summed E-state index contributed by atoms with van der Waals surface area (Å²) in [6.45, 7) is 1.92. The van der Waals surface area contributed by atoms with Crippen LogP contribution in [-0.2, 0) is 11.3 Å². The van der Waals surface area contributed by atoms with Gasteiger partial charge in [-0.3, -0.25) is 14.4 Å². The van der Waals surface area contributed by atoms with Gasteiger partial charge in [-0.15, -0.1) is 0 Å². The summed E-state index contributed by atoms with van der Waals surface area (Å²) >= 11 is 0. The first kappa shape index (κ1) is 21.6. The fourth-order valence-electron chi connectivity index (χ4n) is 2.73. The zero-order valence-corrected chi connectivity index (χ0v) is 17.1. The Morgan fingerprint density at radius 2 is 1.74 bits per heavy atom. The third-order valence-electron chi connectivity index (χ3n) is 4.20. The molecule has 9 heteroatoms. The number of para-hydroxylation sites is 2. The van der Waals surface area contributed by atoms with Crippen LogP contribution >= 0.6 is 0 Å². The number of carbonyl (C=O) groups excluding carboxylic acids is 2. The molecule has 0 saturated heterocycles. The van der Waals surface area contributed by atoms with Crippen LogP contribution in [0.25, 0.3) is 0 Å². The van der Waals surface area contributed by atoms with Gasteiger partial charge in [-0.2, -0.15) is 5.10 Å². The van der Waals surface area contributed by atoms with Crippen LogP contribution in [0.2, 0.25) is 0 Å². The number of nitrogens with one attached hydrogen (secondary N) is 2. The Labute approximate surface area is 178 Å². The number of ether oxygens (including phenoxy) is 2. The Hall–Kier alpha value is -4.14. The van der Waals surface area contributed by atoms with Crippen molar-refractivity contribution in [2.75, 3.05) is 24.4 Å². The van der Waals surface area contributed by atoms with Crippen LogP contribution < -0.4 is 25.7 Å². The first-order valence-electron chi connectivity index (χ1n) is 9.55. The molecule has 2 aromatic carbocycles. The first-order chi connectivity index (χ1) is 15.0. The summed E-state index contributed by atoms with van der Waals surface area (Å²) < 4.78 is 11.5. The summed E-state index contributed by atoms with van der Waals surface area (Å²) in [7, 11) is 1.55. The molecule has 1 heterocycles. The number of methoxy groups -OCH3 is 1. The highest BCUT2D eigenvalue weighted by molar-refractivity contribution is 6.02. The number of hydrogen-bond acceptors (Lipinski definition) is 6. The standard InChI is InChI=1S/C22H22N4O5/c1-3-31-19-7-5-4-6-17(19)24-20(27)14-26-21(28)13-12-18(25-26)22(29)23-15-8-10-16(30-2)11-9-15/h4-13H,3,14H2,1-2H3,(H,23,29)(H,24,27). The summed E-state index contributed by atoms with van der Waals surface area (Å²) in [5.41, 5.74) is 0.513. The molecular formula is C22H22N4O5. The van der Waals surface area contributed by atoms with Crippen LogP contribution in [0.15, 0.2) is 65.5 Å². The molecule has 1 aromatic heterocycles. The molecule has 0 bridgehead atoms. The quantitative estimate of drug-likeness (QED) is 0.577. The third kappa shape index (κ3) is 5.69. The number of nitrogens with zero attached hydrogens (tertiary/aromatic N) is 2. The van der Waals surface area contributed by atoms with Gasteiger partial charge in [0.25, 0.3) is 11.5 Å². The third-order valence-corrected chi connectivity index (χ3v) is 4.20. The number of carbonyl (C=O) groups is 2. The Balaban J connectivity index is 1.71. The molecule has 3 rings (SSSR count). The normalized spacial score (nSPS) is 10.3. The highest BCUT2D eigenvalue weighted by Gasteiger charge is 2.13. The number of hydrogen-bond donors (Lipinski definition) is 2. The van der Waals surface area contributed by atoms with E-state index in [2.05, 4.69) is 15.7 Å². The Bertz CT molecular complexity index is 1130. The number of aromatic nitrogens is 2. The molecule has 0 saturated carbocycles. The number of rotatable bonds is 8. The van der Waals surface area contributed by atoms with Crippen molar-refractivity contribution >= 4 is 23.2 Å². The predicted molar refractivity (Wildman–Crippen MR) is 116 cm³/mol. The zero-order valence-electron chi connectivity index (χ0n) is 17.1. The van der Waals surface area contributed by atoms with Gasteiger partial charge in [-0.05, 0) is 49.4 Å². The van der Waals surface area contributed by atoms with Crippen LogP contribution in [0.1, 0.15) is 17.4 Å². The molecule has 0 fully saturated rings. The van der Waals surface area contributed by atoms with Crippen LogP contribution in [0.5, 0.6) is 11.5 Å². The minimum Gasteiger partial charge on any atom is -0.497 e. The number of anilines is 2. The predicted octanol–water partition coefficient (Wildman–Crippen LogP) is 2.54. The van der Waals surface area contributed by atoms with Crippen molar-refractivity contribution in [2.24, 2.45) is 0 Å². The molecule has 3 aromatic rings. The average molecular weight is 422 g/mol. The Kier molecular flexibility index (Phi) is 7.00. The second-order valence-electron chi connectivity index (χ2n) is 6.37. The molecule has 0 aliphatic rings. The van der Waals surface area contributed by atoms with Crippen molar-refractivity contribution in [2.45, 2.75) is 13.5 Å². The molecule has 0 atom stereocenters. The molecule has 31 heavy (non-hydrogen) atoms. The maximum atomic E-state index is 12.5. The molecule has 160 valence electrons. The summed E-state index contributed by atoms with van der Waals surface area (Å²) in [5.74, 6) is 0.184. The van der Waals surface area contributed by atoms with Gasteiger partial charge in [-0.25, -0.2) is 4.68 Å². The highest BCUT2D eigenvalue weighted by atomic mass is 16.5. The van der Waals surface area contributed by atoms with E-state index >= 15 is 0 Å². The lowest BCUT2D eigenvalue weighted by molar-refractivity contribution is -0.117.